The van der Waals surface area contributed by atoms with Gasteiger partial charge < -0.3 is 54.7 Å². The molecule has 4 heterocycles. The van der Waals surface area contributed by atoms with E-state index in [2.05, 4.69) is 10.6 Å². The number of alkyl carbamates (subject to hydrolysis) is 1. The molecule has 73 heavy (non-hydrogen) atoms. The van der Waals surface area contributed by atoms with Crippen molar-refractivity contribution in [3.05, 3.63) is 46.5 Å². The Bertz CT molecular complexity index is 2360. The summed E-state index contributed by atoms with van der Waals surface area (Å²) in [6, 6.07) is 1.17. The molecule has 4 bridgehead atoms. The molecule has 4 fully saturated rings. The SMILES string of the molecule is COc1cc2cc(c1Cl)N(C)C(=O)C[C@H](OC(=O)[C@H](C)N(C)C(=O)CCSC1CC(=O)N(CC3CCC(C(=O)NCC(N)C(=O)O)CC3)C1=O)[C@]1(C)O[C@H]1[C@H](C)[C@@H]1C[C@@](O)(NC(=O)O1)[C@H](OC)/C=C/C=C(\C)C2. The lowest BCUT2D eigenvalue weighted by molar-refractivity contribution is -0.162. The van der Waals surface area contributed by atoms with Gasteiger partial charge in [-0.3, -0.25) is 39.0 Å². The number of fused-ring (bicyclic) bond motifs is 5. The van der Waals surface area contributed by atoms with Gasteiger partial charge in [0.05, 0.1) is 30.6 Å². The number of carboxylic acids is 1. The molecule has 0 spiro atoms. The van der Waals surface area contributed by atoms with Crippen LogP contribution >= 0.6 is 23.4 Å². The number of likely N-dealkylation sites (N-methyl/N-ethyl adjacent to an activating group) is 1. The number of benzene rings is 1. The number of likely N-dealkylation sites (tertiary alicyclic amines) is 1. The van der Waals surface area contributed by atoms with Crippen LogP contribution in [0.4, 0.5) is 10.5 Å². The van der Waals surface area contributed by atoms with E-state index in [9.17, 15) is 43.5 Å². The maximum Gasteiger partial charge on any atom is 0.409 e. The lowest BCUT2D eigenvalue weighted by Gasteiger charge is -2.42. The van der Waals surface area contributed by atoms with Crippen LogP contribution in [0.15, 0.2) is 35.9 Å². The average molecular weight is 1060 g/mol. The number of carboxylic acid groups (broad SMARTS) is 1. The predicted octanol–water partition coefficient (Wildman–Crippen LogP) is 3.10. The molecule has 6 rings (SSSR count). The number of rotatable bonds is 15. The van der Waals surface area contributed by atoms with E-state index in [1.165, 1.54) is 61.7 Å². The van der Waals surface area contributed by atoms with Crippen molar-refractivity contribution in [3.63, 3.8) is 0 Å². The number of ether oxygens (including phenoxy) is 5. The summed E-state index contributed by atoms with van der Waals surface area (Å²) in [5.41, 5.74) is 4.28. The highest BCUT2D eigenvalue weighted by Gasteiger charge is 2.64. The van der Waals surface area contributed by atoms with Gasteiger partial charge in [-0.2, -0.15) is 0 Å². The van der Waals surface area contributed by atoms with Crippen molar-refractivity contribution in [1.82, 2.24) is 20.4 Å². The summed E-state index contributed by atoms with van der Waals surface area (Å²) >= 11 is 7.99. The van der Waals surface area contributed by atoms with Gasteiger partial charge in [-0.05, 0) is 76.5 Å². The molecule has 0 aromatic heterocycles. The minimum atomic E-state index is -1.89. The van der Waals surface area contributed by atoms with Crippen LogP contribution < -0.4 is 26.0 Å². The highest BCUT2D eigenvalue weighted by atomic mass is 35.5. The summed E-state index contributed by atoms with van der Waals surface area (Å²) in [6.45, 7) is 6.86. The number of hydrogen-bond donors (Lipinski definition) is 5. The van der Waals surface area contributed by atoms with Crippen molar-refractivity contribution >= 4 is 76.6 Å². The molecule has 23 heteroatoms. The number of thioether (sulfide) groups is 1. The molecular weight excluding hydrogens is 992 g/mol. The maximum absolute atomic E-state index is 14.4. The van der Waals surface area contributed by atoms with Crippen molar-refractivity contribution in [2.24, 2.45) is 23.5 Å². The van der Waals surface area contributed by atoms with Crippen LogP contribution in [0.2, 0.25) is 5.02 Å². The zero-order valence-corrected chi connectivity index (χ0v) is 44.1. The Morgan fingerprint density at radius 2 is 1.79 bits per heavy atom. The number of amides is 6. The van der Waals surface area contributed by atoms with E-state index in [-0.39, 0.29) is 72.7 Å². The molecule has 5 aliphatic rings. The first kappa shape index (κ1) is 57.0. The highest BCUT2D eigenvalue weighted by molar-refractivity contribution is 8.00. The Hall–Kier alpha value is -5.26. The summed E-state index contributed by atoms with van der Waals surface area (Å²) in [5.74, 6) is -4.35. The summed E-state index contributed by atoms with van der Waals surface area (Å²) in [5, 5.41) is 25.4. The van der Waals surface area contributed by atoms with Gasteiger partial charge in [0.1, 0.15) is 46.8 Å². The van der Waals surface area contributed by atoms with Crippen LogP contribution in [-0.2, 0) is 58.9 Å². The third-order valence-corrected chi connectivity index (χ3v) is 16.4. The minimum absolute atomic E-state index is 0.00162. The van der Waals surface area contributed by atoms with E-state index in [0.717, 1.165) is 11.1 Å². The average Bonchev–Trinajstić information content (AvgIpc) is 3.98. The van der Waals surface area contributed by atoms with E-state index in [0.29, 0.717) is 43.5 Å². The van der Waals surface area contributed by atoms with Crippen molar-refractivity contribution in [2.45, 2.75) is 139 Å². The van der Waals surface area contributed by atoms with Gasteiger partial charge in [0.2, 0.25) is 29.5 Å². The van der Waals surface area contributed by atoms with Gasteiger partial charge in [0.25, 0.3) is 0 Å². The van der Waals surface area contributed by atoms with Gasteiger partial charge in [-0.25, -0.2) is 9.59 Å². The van der Waals surface area contributed by atoms with Gasteiger partial charge >= 0.3 is 18.0 Å². The zero-order valence-electron chi connectivity index (χ0n) is 42.6. The van der Waals surface area contributed by atoms with Crippen LogP contribution in [-0.4, -0.2) is 168 Å². The van der Waals surface area contributed by atoms with E-state index >= 15 is 0 Å². The van der Waals surface area contributed by atoms with Crippen LogP contribution in [0.25, 0.3) is 0 Å². The van der Waals surface area contributed by atoms with Crippen LogP contribution in [0.1, 0.15) is 84.6 Å². The Morgan fingerprint density at radius 1 is 1.10 bits per heavy atom. The number of esters is 1. The molecule has 1 saturated carbocycles. The van der Waals surface area contributed by atoms with Crippen LogP contribution in [0, 0.1) is 17.8 Å². The van der Waals surface area contributed by atoms with Crippen molar-refractivity contribution in [3.8, 4) is 5.75 Å². The van der Waals surface area contributed by atoms with Crippen molar-refractivity contribution in [2.75, 3.05) is 52.1 Å². The number of nitrogens with one attached hydrogen (secondary N) is 2. The van der Waals surface area contributed by atoms with E-state index in [4.69, 9.17) is 46.1 Å². The molecule has 1 aliphatic carbocycles. The van der Waals surface area contributed by atoms with Gasteiger partial charge in [-0.1, -0.05) is 42.3 Å². The fourth-order valence-corrected chi connectivity index (χ4v) is 11.4. The number of carbonyl (C=O) groups excluding carboxylic acids is 7. The second-order valence-electron chi connectivity index (χ2n) is 20.0. The first-order valence-corrected chi connectivity index (χ1v) is 25.9. The fourth-order valence-electron chi connectivity index (χ4n) is 9.97. The smallest absolute Gasteiger partial charge is 0.409 e. The molecule has 2 unspecified atom stereocenters. The van der Waals surface area contributed by atoms with Gasteiger partial charge in [-0.15, -0.1) is 11.8 Å². The number of carbonyl (C=O) groups is 8. The first-order chi connectivity index (χ1) is 34.4. The van der Waals surface area contributed by atoms with E-state index < -0.39 is 95.3 Å². The quantitative estimate of drug-likeness (QED) is 0.0958. The molecule has 21 nitrogen and oxygen atoms in total. The summed E-state index contributed by atoms with van der Waals surface area (Å²) < 4.78 is 29.4. The third-order valence-electron chi connectivity index (χ3n) is 14.8. The normalized spacial score (nSPS) is 31.7. The number of anilines is 1. The first-order valence-electron chi connectivity index (χ1n) is 24.5. The Kier molecular flexibility index (Phi) is 18.7. The number of nitrogens with two attached hydrogens (primary N) is 1. The Balaban J connectivity index is 1.10. The molecule has 0 radical (unpaired) electrons. The number of hydrogen-bond acceptors (Lipinski definition) is 16. The molecular formula is C50H69ClN6O15S. The molecule has 10 atom stereocenters. The monoisotopic (exact) mass is 1060 g/mol. The maximum atomic E-state index is 14.4. The zero-order chi connectivity index (χ0) is 53.7. The topological polar surface area (TPSA) is 286 Å². The second kappa shape index (κ2) is 24.0. The molecule has 402 valence electrons. The Labute approximate surface area is 434 Å². The Morgan fingerprint density at radius 3 is 2.45 bits per heavy atom. The van der Waals surface area contributed by atoms with Gasteiger partial charge in [0, 0.05) is 71.1 Å². The lowest BCUT2D eigenvalue weighted by Crippen LogP contribution is -2.63. The minimum Gasteiger partial charge on any atom is -0.495 e. The van der Waals surface area contributed by atoms with Crippen LogP contribution in [0.3, 0.4) is 0 Å². The summed E-state index contributed by atoms with van der Waals surface area (Å²) in [6.07, 6.45) is 2.45. The van der Waals surface area contributed by atoms with E-state index in [1.54, 1.807) is 38.1 Å². The number of nitrogens with zero attached hydrogens (tertiary/aromatic N) is 3. The molecule has 6 N–H and O–H groups in total. The number of methoxy groups -OCH3 is 2. The molecule has 1 aromatic carbocycles. The number of halogens is 1. The molecule has 1 aromatic rings. The molecule has 6 amide bonds. The molecule has 4 aliphatic heterocycles. The number of aliphatic hydroxyl groups is 1. The highest BCUT2D eigenvalue weighted by Crippen LogP contribution is 2.49. The second-order valence-corrected chi connectivity index (χ2v) is 21.7. The standard InChI is InChI=1S/C50H69ClN6O15S/c1-26-10-9-11-37(69-8)50(67)23-35(70-48(66)54-50)27(2)43-49(4,72-43)38(22-40(59)56(6)33-19-30(18-26)20-34(68-7)42(33)51)71-47(65)28(3)55(5)39(58)16-17-73-36-21-41(60)57(45(36)62)25-29-12-14-31(15-13-29)44(61)53-24-32(52)46(63)64/h9-11,19-20,27-29,31-32,35-38,43,67H,12-18,21-25,52H2,1-8H3,(H,53,61)(H,54,66)(H,63,64)/b11-9+,26-10+/t27-,28+,29?,31?,32?,35+,36?,37-,38+,43+,49+,50+/m1/s1. The molecule has 3 saturated heterocycles. The number of epoxide rings is 1. The number of allylic oxidation sites excluding steroid dienone is 3. The fraction of sp³-hybridized carbons (Fsp3) is 0.640. The number of imide groups is 1. The third kappa shape index (κ3) is 13.4. The lowest BCUT2D eigenvalue weighted by atomic mass is 9.81. The summed E-state index contributed by atoms with van der Waals surface area (Å²) in [7, 11) is 5.85. The number of aliphatic carboxylic acids is 1. The predicted molar refractivity (Wildman–Crippen MR) is 267 cm³/mol. The van der Waals surface area contributed by atoms with Gasteiger partial charge in [0.15, 0.2) is 5.72 Å². The van der Waals surface area contributed by atoms with Crippen LogP contribution in [0.5, 0.6) is 5.75 Å². The summed E-state index contributed by atoms with van der Waals surface area (Å²) in [4.78, 5) is 109. The largest absolute Gasteiger partial charge is 0.495 e. The van der Waals surface area contributed by atoms with E-state index in [1.807, 2.05) is 13.0 Å². The van der Waals surface area contributed by atoms with Crippen molar-refractivity contribution < 1.29 is 72.3 Å². The van der Waals surface area contributed by atoms with Crippen molar-refractivity contribution in [1.29, 1.82) is 0 Å².